The van der Waals surface area contributed by atoms with Gasteiger partial charge in [-0.05, 0) is 17.7 Å². The van der Waals surface area contributed by atoms with E-state index in [1.807, 2.05) is 36.4 Å². The molecule has 0 atom stereocenters. The first-order chi connectivity index (χ1) is 13.1. The number of carbonyl (C=O) groups is 2. The smallest absolute Gasteiger partial charge is 0.275 e. The normalized spacial score (nSPS) is 10.7. The van der Waals surface area contributed by atoms with E-state index in [-0.39, 0.29) is 12.3 Å². The van der Waals surface area contributed by atoms with Crippen LogP contribution in [0.2, 0.25) is 5.02 Å². The van der Waals surface area contributed by atoms with E-state index in [4.69, 9.17) is 11.6 Å². The highest BCUT2D eigenvalue weighted by Gasteiger charge is 2.21. The molecule has 0 saturated carbocycles. The van der Waals surface area contributed by atoms with Crippen molar-refractivity contribution in [2.75, 3.05) is 6.54 Å². The number of nitrogens with zero attached hydrogens (tertiary/aromatic N) is 2. The van der Waals surface area contributed by atoms with Crippen LogP contribution in [0.4, 0.5) is 0 Å². The average Bonchev–Trinajstić information content (AvgIpc) is 2.72. The summed E-state index contributed by atoms with van der Waals surface area (Å²) in [7, 11) is 0. The van der Waals surface area contributed by atoms with Gasteiger partial charge in [0.2, 0.25) is 0 Å². The van der Waals surface area contributed by atoms with Crippen molar-refractivity contribution in [1.82, 2.24) is 5.01 Å². The first kappa shape index (κ1) is 18.5. The van der Waals surface area contributed by atoms with E-state index in [2.05, 4.69) is 5.10 Å². The summed E-state index contributed by atoms with van der Waals surface area (Å²) < 4.78 is 0. The Morgan fingerprint density at radius 1 is 0.852 bits per heavy atom. The van der Waals surface area contributed by atoms with E-state index in [9.17, 15) is 9.59 Å². The maximum absolute atomic E-state index is 12.9. The van der Waals surface area contributed by atoms with Gasteiger partial charge in [0.25, 0.3) is 5.91 Å². The second-order valence-electron chi connectivity index (χ2n) is 5.79. The van der Waals surface area contributed by atoms with E-state index in [1.54, 1.807) is 54.7 Å². The van der Waals surface area contributed by atoms with Gasteiger partial charge in [-0.15, -0.1) is 0 Å². The van der Waals surface area contributed by atoms with Crippen molar-refractivity contribution < 1.29 is 9.59 Å². The topological polar surface area (TPSA) is 49.7 Å². The average molecular weight is 377 g/mol. The van der Waals surface area contributed by atoms with Crippen molar-refractivity contribution in [3.05, 3.63) is 107 Å². The third kappa shape index (κ3) is 4.90. The second kappa shape index (κ2) is 8.92. The van der Waals surface area contributed by atoms with Gasteiger partial charge in [0.15, 0.2) is 5.78 Å². The molecule has 0 unspecified atom stereocenters. The summed E-state index contributed by atoms with van der Waals surface area (Å²) in [5, 5.41) is 5.71. The lowest BCUT2D eigenvalue weighted by molar-refractivity contribution is 0.0715. The fraction of sp³-hybridized carbons (Fsp3) is 0.0455. The predicted octanol–water partition coefficient (Wildman–Crippen LogP) is 4.70. The second-order valence-corrected chi connectivity index (χ2v) is 6.19. The largest absolute Gasteiger partial charge is 0.292 e. The Bertz CT molecular complexity index is 956. The van der Waals surface area contributed by atoms with Gasteiger partial charge in [-0.25, -0.2) is 5.01 Å². The van der Waals surface area contributed by atoms with Crippen LogP contribution in [0.1, 0.15) is 26.3 Å². The quantitative estimate of drug-likeness (QED) is 0.355. The van der Waals surface area contributed by atoms with Gasteiger partial charge < -0.3 is 0 Å². The van der Waals surface area contributed by atoms with Crippen molar-refractivity contribution >= 4 is 29.5 Å². The Kier molecular flexibility index (Phi) is 6.13. The van der Waals surface area contributed by atoms with E-state index >= 15 is 0 Å². The molecule has 0 N–H and O–H groups in total. The maximum Gasteiger partial charge on any atom is 0.275 e. The lowest BCUT2D eigenvalue weighted by Crippen LogP contribution is -2.32. The molecule has 134 valence electrons. The molecule has 0 radical (unpaired) electrons. The number of hydrogen-bond acceptors (Lipinski definition) is 3. The van der Waals surface area contributed by atoms with Crippen LogP contribution in [0.3, 0.4) is 0 Å². The molecule has 4 nitrogen and oxygen atoms in total. The zero-order chi connectivity index (χ0) is 19.1. The summed E-state index contributed by atoms with van der Waals surface area (Å²) in [5.74, 6) is -0.640. The fourth-order valence-electron chi connectivity index (χ4n) is 2.47. The minimum Gasteiger partial charge on any atom is -0.292 e. The molecule has 0 heterocycles. The highest BCUT2D eigenvalue weighted by Crippen LogP contribution is 2.18. The van der Waals surface area contributed by atoms with Crippen LogP contribution in [0, 0.1) is 0 Å². The molecule has 0 spiro atoms. The standard InChI is InChI=1S/C22H17ClN2O2/c23-20-14-8-7-13-19(20)22(27)25(24-15-17-9-3-1-4-10-17)16-21(26)18-11-5-2-6-12-18/h1-15H,16H2/b24-15+. The van der Waals surface area contributed by atoms with Gasteiger partial charge in [-0.1, -0.05) is 84.4 Å². The number of ketones is 1. The van der Waals surface area contributed by atoms with E-state index < -0.39 is 5.91 Å². The maximum atomic E-state index is 12.9. The van der Waals surface area contributed by atoms with Crippen molar-refractivity contribution in [3.63, 3.8) is 0 Å². The Hall–Kier alpha value is -3.24. The number of rotatable bonds is 6. The van der Waals surface area contributed by atoms with Gasteiger partial charge in [-0.2, -0.15) is 5.10 Å². The first-order valence-electron chi connectivity index (χ1n) is 8.39. The molecule has 27 heavy (non-hydrogen) atoms. The lowest BCUT2D eigenvalue weighted by Gasteiger charge is -2.17. The van der Waals surface area contributed by atoms with Gasteiger partial charge in [0.1, 0.15) is 6.54 Å². The number of hydrazone groups is 1. The molecule has 3 aromatic rings. The summed E-state index contributed by atoms with van der Waals surface area (Å²) in [4.78, 5) is 25.5. The van der Waals surface area contributed by atoms with Crippen LogP contribution < -0.4 is 0 Å². The third-order valence-electron chi connectivity index (χ3n) is 3.87. The molecular weight excluding hydrogens is 360 g/mol. The highest BCUT2D eigenvalue weighted by molar-refractivity contribution is 6.33. The van der Waals surface area contributed by atoms with Gasteiger partial charge >= 0.3 is 0 Å². The number of hydrogen-bond donors (Lipinski definition) is 0. The highest BCUT2D eigenvalue weighted by atomic mass is 35.5. The van der Waals surface area contributed by atoms with Crippen molar-refractivity contribution in [1.29, 1.82) is 0 Å². The number of carbonyl (C=O) groups excluding carboxylic acids is 2. The molecule has 0 aliphatic rings. The molecule has 1 amide bonds. The first-order valence-corrected chi connectivity index (χ1v) is 8.76. The molecule has 0 saturated heterocycles. The van der Waals surface area contributed by atoms with Gasteiger partial charge in [0, 0.05) is 5.56 Å². The van der Waals surface area contributed by atoms with E-state index in [0.717, 1.165) is 10.6 Å². The molecule has 0 bridgehead atoms. The van der Waals surface area contributed by atoms with Crippen LogP contribution in [-0.4, -0.2) is 29.5 Å². The molecule has 0 fully saturated rings. The zero-order valence-electron chi connectivity index (χ0n) is 14.5. The molecule has 0 aliphatic heterocycles. The minimum atomic E-state index is -0.433. The van der Waals surface area contributed by atoms with Gasteiger partial charge in [-0.3, -0.25) is 9.59 Å². The Morgan fingerprint density at radius 3 is 2.11 bits per heavy atom. The minimum absolute atomic E-state index is 0.183. The van der Waals surface area contributed by atoms with Crippen molar-refractivity contribution in [3.8, 4) is 0 Å². The number of halogens is 1. The van der Waals surface area contributed by atoms with Crippen LogP contribution >= 0.6 is 11.6 Å². The summed E-state index contributed by atoms with van der Waals surface area (Å²) in [6, 6.07) is 24.9. The zero-order valence-corrected chi connectivity index (χ0v) is 15.2. The van der Waals surface area contributed by atoms with Crippen LogP contribution in [0.5, 0.6) is 0 Å². The molecule has 3 aromatic carbocycles. The SMILES string of the molecule is O=C(CN(/N=C/c1ccccc1)C(=O)c1ccccc1Cl)c1ccccc1. The van der Waals surface area contributed by atoms with E-state index in [0.29, 0.717) is 16.1 Å². The molecule has 0 aromatic heterocycles. The lowest BCUT2D eigenvalue weighted by atomic mass is 10.1. The van der Waals surface area contributed by atoms with Crippen LogP contribution in [-0.2, 0) is 0 Å². The number of benzene rings is 3. The molecule has 0 aliphatic carbocycles. The Labute approximate surface area is 162 Å². The Balaban J connectivity index is 1.88. The predicted molar refractivity (Wildman–Crippen MR) is 107 cm³/mol. The molecule has 3 rings (SSSR count). The third-order valence-corrected chi connectivity index (χ3v) is 4.20. The number of amides is 1. The fourth-order valence-corrected chi connectivity index (χ4v) is 2.68. The van der Waals surface area contributed by atoms with Crippen molar-refractivity contribution in [2.45, 2.75) is 0 Å². The van der Waals surface area contributed by atoms with Crippen LogP contribution in [0.25, 0.3) is 0 Å². The van der Waals surface area contributed by atoms with E-state index in [1.165, 1.54) is 0 Å². The summed E-state index contributed by atoms with van der Waals surface area (Å²) in [6.45, 7) is -0.183. The number of Topliss-reactive ketones (excluding diaryl/α,β-unsaturated/α-hetero) is 1. The molecular formula is C22H17ClN2O2. The monoisotopic (exact) mass is 376 g/mol. The summed E-state index contributed by atoms with van der Waals surface area (Å²) in [6.07, 6.45) is 1.55. The van der Waals surface area contributed by atoms with Crippen LogP contribution in [0.15, 0.2) is 90.0 Å². The summed E-state index contributed by atoms with van der Waals surface area (Å²) in [5.41, 5.74) is 1.64. The summed E-state index contributed by atoms with van der Waals surface area (Å²) >= 11 is 6.15. The molecule has 5 heteroatoms. The van der Waals surface area contributed by atoms with Crippen molar-refractivity contribution in [2.24, 2.45) is 5.10 Å². The van der Waals surface area contributed by atoms with Gasteiger partial charge in [0.05, 0.1) is 16.8 Å². The Morgan fingerprint density at radius 2 is 1.44 bits per heavy atom.